The lowest BCUT2D eigenvalue weighted by molar-refractivity contribution is 0.639. The van der Waals surface area contributed by atoms with Crippen molar-refractivity contribution in [1.82, 2.24) is 0 Å². The Hall–Kier alpha value is -6.24. The first kappa shape index (κ1) is 31.3. The number of hydrogen-bond donors (Lipinski definition) is 0. The van der Waals surface area contributed by atoms with Crippen LogP contribution < -0.4 is 0 Å². The van der Waals surface area contributed by atoms with Crippen molar-refractivity contribution in [2.75, 3.05) is 0 Å². The first-order chi connectivity index (χ1) is 26.3. The van der Waals surface area contributed by atoms with Gasteiger partial charge in [-0.1, -0.05) is 173 Å². The molecule has 0 amide bonds. The molecule has 0 radical (unpaired) electrons. The molecule has 0 saturated carbocycles. The second kappa shape index (κ2) is 11.1. The molecule has 0 aromatic heterocycles. The highest BCUT2D eigenvalue weighted by Gasteiger charge is 2.41. The molecule has 9 aromatic carbocycles. The zero-order chi connectivity index (χ0) is 36.3. The summed E-state index contributed by atoms with van der Waals surface area (Å²) in [6.45, 7) is 9.61. The van der Waals surface area contributed by atoms with E-state index in [0.29, 0.717) is 0 Å². The fourth-order valence-corrected chi connectivity index (χ4v) is 10.1. The third kappa shape index (κ3) is 4.26. The molecular formula is C54H40. The van der Waals surface area contributed by atoms with Crippen molar-refractivity contribution in [2.24, 2.45) is 0 Å². The zero-order valence-corrected chi connectivity index (χ0v) is 31.2. The highest BCUT2D eigenvalue weighted by molar-refractivity contribution is 6.23. The minimum atomic E-state index is -0.125. The van der Waals surface area contributed by atoms with E-state index in [4.69, 9.17) is 0 Å². The molecule has 256 valence electrons. The molecule has 0 nitrogen and oxygen atoms in total. The molecule has 0 saturated heterocycles. The minimum absolute atomic E-state index is 0.0217. The van der Waals surface area contributed by atoms with Crippen LogP contribution in [0.25, 0.3) is 88.0 Å². The third-order valence-corrected chi connectivity index (χ3v) is 12.8. The fraction of sp³-hybridized carbons (Fsp3) is 0.111. The quantitative estimate of drug-likeness (QED) is 0.162. The van der Waals surface area contributed by atoms with Crippen LogP contribution in [0.4, 0.5) is 0 Å². The van der Waals surface area contributed by atoms with Crippen LogP contribution in [0, 0.1) is 0 Å². The Morgan fingerprint density at radius 3 is 1.48 bits per heavy atom. The molecule has 0 fully saturated rings. The van der Waals surface area contributed by atoms with E-state index in [-0.39, 0.29) is 10.8 Å². The normalized spacial score (nSPS) is 14.6. The van der Waals surface area contributed by atoms with Gasteiger partial charge in [-0.25, -0.2) is 0 Å². The molecule has 54 heavy (non-hydrogen) atoms. The summed E-state index contributed by atoms with van der Waals surface area (Å²) in [5.74, 6) is 0. The van der Waals surface area contributed by atoms with E-state index in [2.05, 4.69) is 198 Å². The highest BCUT2D eigenvalue weighted by atomic mass is 14.4. The van der Waals surface area contributed by atoms with Gasteiger partial charge in [-0.15, -0.1) is 0 Å². The van der Waals surface area contributed by atoms with E-state index < -0.39 is 0 Å². The van der Waals surface area contributed by atoms with Crippen molar-refractivity contribution in [3.05, 3.63) is 192 Å². The average Bonchev–Trinajstić information content (AvgIpc) is 3.57. The lowest BCUT2D eigenvalue weighted by atomic mass is 9.77. The van der Waals surface area contributed by atoms with Gasteiger partial charge in [0.05, 0.1) is 0 Å². The molecule has 0 heterocycles. The van der Waals surface area contributed by atoms with Crippen LogP contribution in [0.3, 0.4) is 0 Å². The van der Waals surface area contributed by atoms with Gasteiger partial charge >= 0.3 is 0 Å². The van der Waals surface area contributed by atoms with E-state index in [9.17, 15) is 0 Å². The van der Waals surface area contributed by atoms with Gasteiger partial charge in [0.25, 0.3) is 0 Å². The maximum Gasteiger partial charge on any atom is 0.0159 e. The maximum atomic E-state index is 2.54. The summed E-state index contributed by atoms with van der Waals surface area (Å²) < 4.78 is 0. The zero-order valence-electron chi connectivity index (χ0n) is 31.2. The summed E-state index contributed by atoms with van der Waals surface area (Å²) >= 11 is 0. The smallest absolute Gasteiger partial charge is 0.0159 e. The molecule has 9 aromatic rings. The summed E-state index contributed by atoms with van der Waals surface area (Å²) in [5.41, 5.74) is 18.7. The van der Waals surface area contributed by atoms with E-state index in [1.165, 1.54) is 110 Å². The largest absolute Gasteiger partial charge is 0.0622 e. The minimum Gasteiger partial charge on any atom is -0.0622 e. The standard InChI is InChI=1S/C54H40/c1-53(2)47-25-15-14-20-38(47)44-31-45-39-27-26-34(30-48(39)54(3,4)50(45)32-49(44)53)36-28-35-18-8-9-19-37(35)46(29-36)52-42-23-12-10-21-40(42)51(33-16-6-5-7-17-33)41-22-11-13-24-43(41)52/h5-32H,1-4H3. The predicted octanol–water partition coefficient (Wildman–Crippen LogP) is 14.8. The van der Waals surface area contributed by atoms with Gasteiger partial charge in [-0.3, -0.25) is 0 Å². The van der Waals surface area contributed by atoms with Crippen molar-refractivity contribution < 1.29 is 0 Å². The third-order valence-electron chi connectivity index (χ3n) is 12.8. The maximum absolute atomic E-state index is 2.54. The van der Waals surface area contributed by atoms with E-state index in [1.54, 1.807) is 0 Å². The summed E-state index contributed by atoms with van der Waals surface area (Å²) in [7, 11) is 0. The van der Waals surface area contributed by atoms with Gasteiger partial charge in [-0.2, -0.15) is 0 Å². The summed E-state index contributed by atoms with van der Waals surface area (Å²) in [6.07, 6.45) is 0. The van der Waals surface area contributed by atoms with Gasteiger partial charge in [0.2, 0.25) is 0 Å². The van der Waals surface area contributed by atoms with Gasteiger partial charge in [0, 0.05) is 10.8 Å². The molecular weight excluding hydrogens is 649 g/mol. The van der Waals surface area contributed by atoms with E-state index in [0.717, 1.165) is 0 Å². The molecule has 2 aliphatic carbocycles. The molecule has 0 N–H and O–H groups in total. The Morgan fingerprint density at radius 2 is 0.796 bits per heavy atom. The molecule has 0 atom stereocenters. The Kier molecular flexibility index (Phi) is 6.46. The Morgan fingerprint density at radius 1 is 0.278 bits per heavy atom. The second-order valence-corrected chi connectivity index (χ2v) is 16.5. The van der Waals surface area contributed by atoms with Gasteiger partial charge in [0.1, 0.15) is 0 Å². The van der Waals surface area contributed by atoms with Crippen LogP contribution in [-0.2, 0) is 10.8 Å². The predicted molar refractivity (Wildman–Crippen MR) is 230 cm³/mol. The number of hydrogen-bond acceptors (Lipinski definition) is 0. The lowest BCUT2D eigenvalue weighted by Gasteiger charge is -2.26. The highest BCUT2D eigenvalue weighted by Crippen LogP contribution is 2.56. The molecule has 0 unspecified atom stereocenters. The summed E-state index contributed by atoms with van der Waals surface area (Å²) in [5, 5.41) is 7.64. The number of fused-ring (bicyclic) bond motifs is 9. The Balaban J connectivity index is 1.13. The second-order valence-electron chi connectivity index (χ2n) is 16.5. The molecule has 0 spiro atoms. The average molecular weight is 689 g/mol. The van der Waals surface area contributed by atoms with Crippen LogP contribution in [0.2, 0.25) is 0 Å². The van der Waals surface area contributed by atoms with Crippen LogP contribution in [0.5, 0.6) is 0 Å². The summed E-state index contributed by atoms with van der Waals surface area (Å²) in [6, 6.07) is 63.9. The van der Waals surface area contributed by atoms with E-state index >= 15 is 0 Å². The van der Waals surface area contributed by atoms with Crippen LogP contribution in [-0.4, -0.2) is 0 Å². The molecule has 0 aliphatic heterocycles. The van der Waals surface area contributed by atoms with Crippen LogP contribution >= 0.6 is 0 Å². The van der Waals surface area contributed by atoms with Crippen molar-refractivity contribution in [1.29, 1.82) is 0 Å². The fourth-order valence-electron chi connectivity index (χ4n) is 10.1. The van der Waals surface area contributed by atoms with Crippen LogP contribution in [0.15, 0.2) is 170 Å². The van der Waals surface area contributed by atoms with Gasteiger partial charge < -0.3 is 0 Å². The van der Waals surface area contributed by atoms with Gasteiger partial charge in [0.15, 0.2) is 0 Å². The lowest BCUT2D eigenvalue weighted by Crippen LogP contribution is -2.18. The van der Waals surface area contributed by atoms with Crippen molar-refractivity contribution >= 4 is 32.3 Å². The first-order valence-corrected chi connectivity index (χ1v) is 19.3. The molecule has 0 bridgehead atoms. The van der Waals surface area contributed by atoms with Crippen molar-refractivity contribution in [3.63, 3.8) is 0 Å². The first-order valence-electron chi connectivity index (χ1n) is 19.3. The SMILES string of the molecule is CC1(C)c2ccccc2-c2cc3c(cc21)C(C)(C)c1cc(-c2cc(-c4c5ccccc5c(-c5ccccc5)c5ccccc45)c4ccccc4c2)ccc1-3. The van der Waals surface area contributed by atoms with Crippen molar-refractivity contribution in [3.8, 4) is 55.6 Å². The van der Waals surface area contributed by atoms with Crippen LogP contribution in [0.1, 0.15) is 49.9 Å². The Bertz CT molecular complexity index is 2970. The number of rotatable bonds is 3. The van der Waals surface area contributed by atoms with E-state index in [1.807, 2.05) is 0 Å². The van der Waals surface area contributed by atoms with Crippen molar-refractivity contribution in [2.45, 2.75) is 38.5 Å². The molecule has 0 heteroatoms. The topological polar surface area (TPSA) is 0 Å². The van der Waals surface area contributed by atoms with Gasteiger partial charge in [-0.05, 0) is 134 Å². The summed E-state index contributed by atoms with van der Waals surface area (Å²) in [4.78, 5) is 0. The number of benzene rings is 9. The molecule has 2 aliphatic rings. The molecule has 11 rings (SSSR count). The monoisotopic (exact) mass is 688 g/mol. The Labute approximate surface area is 317 Å².